The van der Waals surface area contributed by atoms with Gasteiger partial charge in [0.2, 0.25) is 0 Å². The first-order chi connectivity index (χ1) is 22.8. The largest absolute Gasteiger partial charge is 0.491 e. The Bertz CT molecular complexity index is 1350. The molecule has 3 heterocycles. The molecule has 6 unspecified atom stereocenters. The number of nitrogens with zero attached hydrogens (tertiary/aromatic N) is 1. The molecule has 2 bridgehead atoms. The Morgan fingerprint density at radius 2 is 1.81 bits per heavy atom. The van der Waals surface area contributed by atoms with E-state index in [9.17, 15) is 4.79 Å². The third-order valence-corrected chi connectivity index (χ3v) is 11.8. The third kappa shape index (κ3) is 9.33. The van der Waals surface area contributed by atoms with Crippen LogP contribution >= 0.6 is 22.3 Å². The number of carbonyl (C=O) groups is 1. The summed E-state index contributed by atoms with van der Waals surface area (Å²) in [5, 5.41) is 3.53. The molecule has 3 aliphatic heterocycles. The van der Waals surface area contributed by atoms with E-state index in [1.165, 1.54) is 24.0 Å². The fourth-order valence-corrected chi connectivity index (χ4v) is 9.30. The predicted molar refractivity (Wildman–Crippen MR) is 197 cm³/mol. The Labute approximate surface area is 290 Å². The van der Waals surface area contributed by atoms with Crippen molar-refractivity contribution in [1.29, 1.82) is 0 Å². The summed E-state index contributed by atoms with van der Waals surface area (Å²) in [6.07, 6.45) is 8.73. The molecule has 1 saturated carbocycles. The van der Waals surface area contributed by atoms with Crippen LogP contribution in [0.3, 0.4) is 0 Å². The van der Waals surface area contributed by atoms with Crippen LogP contribution < -0.4 is 19.7 Å². The molecule has 0 spiro atoms. The number of ether oxygens (including phenoxy) is 3. The van der Waals surface area contributed by atoms with Crippen molar-refractivity contribution in [2.45, 2.75) is 77.4 Å². The van der Waals surface area contributed by atoms with E-state index in [0.717, 1.165) is 87.0 Å². The molecule has 2 fully saturated rings. The van der Waals surface area contributed by atoms with Crippen LogP contribution in [0, 0.1) is 23.7 Å². The van der Waals surface area contributed by atoms with Crippen LogP contribution in [0.25, 0.3) is 0 Å². The van der Waals surface area contributed by atoms with Gasteiger partial charge in [0, 0.05) is 41.3 Å². The average molecular weight is 686 g/mol. The maximum absolute atomic E-state index is 13.4. The molecule has 2 aromatic carbocycles. The summed E-state index contributed by atoms with van der Waals surface area (Å²) in [6, 6.07) is 12.3. The monoisotopic (exact) mass is 685 g/mol. The van der Waals surface area contributed by atoms with Crippen LogP contribution in [-0.2, 0) is 15.9 Å². The van der Waals surface area contributed by atoms with Crippen molar-refractivity contribution in [3.05, 3.63) is 58.1 Å². The summed E-state index contributed by atoms with van der Waals surface area (Å²) in [5.74, 6) is 8.20. The fourth-order valence-electron chi connectivity index (χ4n) is 7.79. The highest BCUT2D eigenvalue weighted by Gasteiger charge is 2.43. The molecule has 260 valence electrons. The number of aryl methyl sites for hydroxylation is 1. The molecule has 47 heavy (non-hydrogen) atoms. The number of fused-ring (bicyclic) bond motifs is 2. The van der Waals surface area contributed by atoms with E-state index >= 15 is 0 Å². The van der Waals surface area contributed by atoms with Crippen molar-refractivity contribution in [2.75, 3.05) is 57.7 Å². The lowest BCUT2D eigenvalue weighted by Crippen LogP contribution is -2.47. The molecular weight excluding hydrogens is 630 g/mol. The number of benzene rings is 2. The second-order valence-corrected chi connectivity index (χ2v) is 15.9. The quantitative estimate of drug-likeness (QED) is 0.322. The smallest absolute Gasteiger partial charge is 0.260 e. The number of rotatable bonds is 4. The standard InChI is InChI=1S/C36H49ClN2O4S.C2H7N/c1-4-7-25-18-29(37)12-14-30(25)28-21-39-20-27-10-13-31(27)32(36-41-16-6-17-42-36)9-5-8-24(2)23-44(3)38-35(40)26-11-15-34(43-22-28)33(39)19-26;1-3-2/h11-12,14-15,18-19,24,27-28,31-32,36H,3-10,13,16-17,20-23H2,1-2H3,(H,38,40);3H,1-2H3. The van der Waals surface area contributed by atoms with Gasteiger partial charge in [-0.25, -0.2) is 0 Å². The first-order valence-corrected chi connectivity index (χ1v) is 19.7. The number of amides is 1. The Kier molecular flexibility index (Phi) is 13.5. The van der Waals surface area contributed by atoms with E-state index in [2.05, 4.69) is 46.8 Å². The van der Waals surface area contributed by atoms with E-state index in [1.807, 2.05) is 38.4 Å². The maximum Gasteiger partial charge on any atom is 0.260 e. The predicted octanol–water partition coefficient (Wildman–Crippen LogP) is 7.68. The Morgan fingerprint density at radius 3 is 2.53 bits per heavy atom. The molecule has 1 saturated heterocycles. The van der Waals surface area contributed by atoms with E-state index in [1.54, 1.807) is 0 Å². The highest BCUT2D eigenvalue weighted by atomic mass is 35.5. The molecule has 0 aromatic heterocycles. The lowest BCUT2D eigenvalue weighted by atomic mass is 9.65. The van der Waals surface area contributed by atoms with Gasteiger partial charge in [0.1, 0.15) is 5.75 Å². The molecule has 9 heteroatoms. The summed E-state index contributed by atoms with van der Waals surface area (Å²) >= 11 is 6.46. The van der Waals surface area contributed by atoms with Crippen LogP contribution in [-0.4, -0.2) is 70.8 Å². The van der Waals surface area contributed by atoms with Crippen molar-refractivity contribution in [3.8, 4) is 5.75 Å². The topological polar surface area (TPSA) is 72.1 Å². The highest BCUT2D eigenvalue weighted by molar-refractivity contribution is 8.12. The van der Waals surface area contributed by atoms with Gasteiger partial charge in [0.15, 0.2) is 6.29 Å². The minimum Gasteiger partial charge on any atom is -0.491 e. The zero-order chi connectivity index (χ0) is 33.3. The molecule has 1 aliphatic carbocycles. The highest BCUT2D eigenvalue weighted by Crippen LogP contribution is 2.47. The van der Waals surface area contributed by atoms with Crippen LogP contribution in [0.4, 0.5) is 5.69 Å². The van der Waals surface area contributed by atoms with Gasteiger partial charge in [-0.05, 0) is 112 Å². The van der Waals surface area contributed by atoms with Gasteiger partial charge in [0.25, 0.3) is 5.91 Å². The van der Waals surface area contributed by atoms with Crippen molar-refractivity contribution < 1.29 is 19.0 Å². The zero-order valence-corrected chi connectivity index (χ0v) is 30.5. The molecule has 4 aliphatic rings. The normalized spacial score (nSPS) is 28.8. The molecular formula is C38H56ClN3O4S. The average Bonchev–Trinajstić information content (AvgIpc) is 3.22. The summed E-state index contributed by atoms with van der Waals surface area (Å²) in [4.78, 5) is 16.0. The Morgan fingerprint density at radius 1 is 1.02 bits per heavy atom. The summed E-state index contributed by atoms with van der Waals surface area (Å²) < 4.78 is 22.3. The van der Waals surface area contributed by atoms with Gasteiger partial charge in [-0.2, -0.15) is 0 Å². The lowest BCUT2D eigenvalue weighted by molar-refractivity contribution is -0.224. The minimum absolute atomic E-state index is 0.0534. The van der Waals surface area contributed by atoms with E-state index < -0.39 is 10.7 Å². The number of halogens is 1. The molecule has 7 nitrogen and oxygen atoms in total. The second kappa shape index (κ2) is 17.5. The second-order valence-electron chi connectivity index (χ2n) is 13.9. The van der Waals surface area contributed by atoms with Crippen LogP contribution in [0.5, 0.6) is 5.75 Å². The fraction of sp³-hybridized carbons (Fsp3) is 0.632. The molecule has 6 rings (SSSR count). The number of nitrogens with one attached hydrogen (secondary N) is 2. The van der Waals surface area contributed by atoms with Gasteiger partial charge in [-0.3, -0.25) is 4.79 Å². The zero-order valence-electron chi connectivity index (χ0n) is 28.9. The molecule has 1 amide bonds. The van der Waals surface area contributed by atoms with Crippen molar-refractivity contribution in [3.63, 3.8) is 0 Å². The Balaban J connectivity index is 0.00000139. The molecule has 0 radical (unpaired) electrons. The summed E-state index contributed by atoms with van der Waals surface area (Å²) in [5.41, 5.74) is 4.31. The molecule has 6 atom stereocenters. The summed E-state index contributed by atoms with van der Waals surface area (Å²) in [7, 11) is 3.31. The number of hydrogen-bond acceptors (Lipinski definition) is 6. The number of carbonyl (C=O) groups excluding carboxylic acids is 1. The lowest BCUT2D eigenvalue weighted by Gasteiger charge is -2.47. The van der Waals surface area contributed by atoms with E-state index in [4.69, 9.17) is 25.8 Å². The maximum atomic E-state index is 13.4. The first kappa shape index (κ1) is 36.2. The first-order valence-electron chi connectivity index (χ1n) is 17.7. The van der Waals surface area contributed by atoms with Crippen molar-refractivity contribution in [2.24, 2.45) is 23.7 Å². The summed E-state index contributed by atoms with van der Waals surface area (Å²) in [6.45, 7) is 8.44. The number of hydrogen-bond donors (Lipinski definition) is 2. The van der Waals surface area contributed by atoms with Crippen LogP contribution in [0.1, 0.15) is 86.2 Å². The van der Waals surface area contributed by atoms with E-state index in [0.29, 0.717) is 35.8 Å². The van der Waals surface area contributed by atoms with Crippen molar-refractivity contribution >= 4 is 39.7 Å². The Hall–Kier alpha value is -2.10. The number of anilines is 1. The van der Waals surface area contributed by atoms with E-state index in [-0.39, 0.29) is 18.1 Å². The third-order valence-electron chi connectivity index (χ3n) is 10.1. The minimum atomic E-state index is -0.444. The van der Waals surface area contributed by atoms with Crippen LogP contribution in [0.2, 0.25) is 5.02 Å². The van der Waals surface area contributed by atoms with Gasteiger partial charge in [0.05, 0.1) is 25.5 Å². The van der Waals surface area contributed by atoms with Gasteiger partial charge < -0.3 is 29.1 Å². The molecule has 2 aromatic rings. The SMILES string of the molecule is C=S1CC(C)CCCC(C2OCCCO2)C2CCC2CN2CC(c3ccc(Cl)cc3CCC)COc3ccc(cc32)C(=O)N1.CNC. The van der Waals surface area contributed by atoms with Crippen molar-refractivity contribution in [1.82, 2.24) is 10.0 Å². The van der Waals surface area contributed by atoms with Gasteiger partial charge in [-0.1, -0.05) is 50.2 Å². The van der Waals surface area contributed by atoms with Gasteiger partial charge >= 0.3 is 0 Å². The van der Waals surface area contributed by atoms with Crippen LogP contribution in [0.15, 0.2) is 36.4 Å². The molecule has 2 N–H and O–H groups in total. The van der Waals surface area contributed by atoms with Gasteiger partial charge in [-0.15, -0.1) is 10.7 Å².